The van der Waals surface area contributed by atoms with Crippen molar-refractivity contribution in [1.82, 2.24) is 0 Å². The third-order valence-corrected chi connectivity index (χ3v) is 4.06. The molecule has 1 aliphatic heterocycles. The summed E-state index contributed by atoms with van der Waals surface area (Å²) < 4.78 is 0. The highest BCUT2D eigenvalue weighted by Crippen LogP contribution is 2.38. The number of carbonyl (C=O) groups excluding carboxylic acids is 2. The van der Waals surface area contributed by atoms with Crippen molar-refractivity contribution >= 4 is 52.3 Å². The number of fused-ring (bicyclic) bond motifs is 1. The summed E-state index contributed by atoms with van der Waals surface area (Å²) in [6, 6.07) is 6.79. The second-order valence-corrected chi connectivity index (χ2v) is 5.64. The Morgan fingerprint density at radius 2 is 1.38 bits per heavy atom. The van der Waals surface area contributed by atoms with Gasteiger partial charge in [-0.1, -0.05) is 34.8 Å². The van der Waals surface area contributed by atoms with Crippen LogP contribution < -0.4 is 4.90 Å². The minimum absolute atomic E-state index is 0.0536. The Kier molecular flexibility index (Phi) is 3.32. The number of hydrogen-bond acceptors (Lipinski definition) is 3. The molecule has 0 saturated heterocycles. The van der Waals surface area contributed by atoms with Crippen molar-refractivity contribution in [3.63, 3.8) is 0 Å². The first-order chi connectivity index (χ1) is 9.90. The molecule has 106 valence electrons. The molecule has 21 heavy (non-hydrogen) atoms. The van der Waals surface area contributed by atoms with Gasteiger partial charge < -0.3 is 5.11 Å². The van der Waals surface area contributed by atoms with Crippen LogP contribution in [0.2, 0.25) is 15.1 Å². The van der Waals surface area contributed by atoms with Crippen molar-refractivity contribution < 1.29 is 14.7 Å². The summed E-state index contributed by atoms with van der Waals surface area (Å²) >= 11 is 17.5. The zero-order chi connectivity index (χ0) is 15.3. The van der Waals surface area contributed by atoms with E-state index in [0.29, 0.717) is 5.02 Å². The Morgan fingerprint density at radius 3 is 1.86 bits per heavy atom. The molecular formula is C14H6Cl3NO3. The van der Waals surface area contributed by atoms with Crippen LogP contribution in [0.1, 0.15) is 20.7 Å². The van der Waals surface area contributed by atoms with Gasteiger partial charge in [0, 0.05) is 11.1 Å². The molecule has 1 heterocycles. The average molecular weight is 343 g/mol. The molecule has 7 heteroatoms. The van der Waals surface area contributed by atoms with Gasteiger partial charge >= 0.3 is 0 Å². The Labute approximate surface area is 134 Å². The van der Waals surface area contributed by atoms with E-state index in [1.807, 2.05) is 0 Å². The first-order valence-electron chi connectivity index (χ1n) is 5.76. The van der Waals surface area contributed by atoms with Gasteiger partial charge in [-0.05, 0) is 24.3 Å². The molecule has 0 atom stereocenters. The maximum atomic E-state index is 12.4. The molecule has 0 radical (unpaired) electrons. The lowest BCUT2D eigenvalue weighted by atomic mass is 10.1. The summed E-state index contributed by atoms with van der Waals surface area (Å²) in [5.41, 5.74) is 0.338. The fourth-order valence-electron chi connectivity index (χ4n) is 2.14. The fourth-order valence-corrected chi connectivity index (χ4v) is 2.63. The summed E-state index contributed by atoms with van der Waals surface area (Å²) in [6.45, 7) is 0. The summed E-state index contributed by atoms with van der Waals surface area (Å²) in [4.78, 5) is 25.6. The number of aromatic hydroxyl groups is 1. The molecule has 0 aliphatic carbocycles. The maximum absolute atomic E-state index is 12.4. The van der Waals surface area contributed by atoms with E-state index >= 15 is 0 Å². The normalized spacial score (nSPS) is 13.8. The average Bonchev–Trinajstić information content (AvgIpc) is 2.64. The number of benzene rings is 2. The van der Waals surface area contributed by atoms with Crippen LogP contribution in [0.5, 0.6) is 5.75 Å². The van der Waals surface area contributed by atoms with Crippen LogP contribution in [0.4, 0.5) is 5.69 Å². The number of hydrogen-bond donors (Lipinski definition) is 1. The van der Waals surface area contributed by atoms with Crippen LogP contribution in [0, 0.1) is 0 Å². The Balaban J connectivity index is 2.16. The van der Waals surface area contributed by atoms with E-state index in [2.05, 4.69) is 0 Å². The first kappa shape index (κ1) is 14.2. The molecule has 0 saturated carbocycles. The summed E-state index contributed by atoms with van der Waals surface area (Å²) in [5, 5.41) is 10.5. The Morgan fingerprint density at radius 1 is 0.857 bits per heavy atom. The minimum Gasteiger partial charge on any atom is -0.506 e. The quantitative estimate of drug-likeness (QED) is 0.792. The number of amides is 2. The van der Waals surface area contributed by atoms with Crippen molar-refractivity contribution in [3.05, 3.63) is 56.5 Å². The standard InChI is InChI=1S/C14H6Cl3NO3/c15-6-1-2-11(12(19)3-6)18-13(20)7-4-9(16)10(17)5-8(7)14(18)21/h1-5,19H. The van der Waals surface area contributed by atoms with E-state index < -0.39 is 11.8 Å². The van der Waals surface area contributed by atoms with Crippen molar-refractivity contribution in [2.24, 2.45) is 0 Å². The number of phenols is 1. The largest absolute Gasteiger partial charge is 0.506 e. The molecule has 2 aromatic rings. The molecule has 0 aromatic heterocycles. The molecule has 0 fully saturated rings. The monoisotopic (exact) mass is 341 g/mol. The van der Waals surface area contributed by atoms with E-state index in [1.54, 1.807) is 0 Å². The van der Waals surface area contributed by atoms with Gasteiger partial charge in [-0.2, -0.15) is 0 Å². The first-order valence-corrected chi connectivity index (χ1v) is 6.90. The van der Waals surface area contributed by atoms with Crippen LogP contribution in [-0.2, 0) is 0 Å². The van der Waals surface area contributed by atoms with E-state index in [4.69, 9.17) is 34.8 Å². The van der Waals surface area contributed by atoms with Gasteiger partial charge in [0.15, 0.2) is 0 Å². The number of halogens is 3. The second-order valence-electron chi connectivity index (χ2n) is 4.39. The molecule has 1 N–H and O–H groups in total. The lowest BCUT2D eigenvalue weighted by Gasteiger charge is -2.15. The molecule has 0 unspecified atom stereocenters. The number of nitrogens with zero attached hydrogens (tertiary/aromatic N) is 1. The molecule has 0 bridgehead atoms. The molecule has 0 spiro atoms. The smallest absolute Gasteiger partial charge is 0.266 e. The van der Waals surface area contributed by atoms with Gasteiger partial charge in [0.05, 0.1) is 26.9 Å². The van der Waals surface area contributed by atoms with Crippen molar-refractivity contribution in [1.29, 1.82) is 0 Å². The third kappa shape index (κ3) is 2.16. The van der Waals surface area contributed by atoms with Crippen molar-refractivity contribution in [2.45, 2.75) is 0 Å². The number of carbonyl (C=O) groups is 2. The minimum atomic E-state index is -0.578. The molecule has 1 aliphatic rings. The zero-order valence-electron chi connectivity index (χ0n) is 10.2. The number of phenolic OH excluding ortho intramolecular Hbond substituents is 1. The van der Waals surface area contributed by atoms with Gasteiger partial charge in [0.25, 0.3) is 11.8 Å². The summed E-state index contributed by atoms with van der Waals surface area (Å²) in [6.07, 6.45) is 0. The molecule has 2 aromatic carbocycles. The van der Waals surface area contributed by atoms with Crippen molar-refractivity contribution in [2.75, 3.05) is 4.90 Å². The molecule has 4 nitrogen and oxygen atoms in total. The SMILES string of the molecule is O=C1c2cc(Cl)c(Cl)cc2C(=O)N1c1ccc(Cl)cc1O. The third-order valence-electron chi connectivity index (χ3n) is 3.11. The van der Waals surface area contributed by atoms with Gasteiger partial charge in [0.2, 0.25) is 0 Å². The van der Waals surface area contributed by atoms with Crippen LogP contribution in [0.25, 0.3) is 0 Å². The van der Waals surface area contributed by atoms with E-state index in [9.17, 15) is 14.7 Å². The van der Waals surface area contributed by atoms with E-state index in [-0.39, 0.29) is 32.6 Å². The lowest BCUT2D eigenvalue weighted by molar-refractivity contribution is 0.0925. The number of imide groups is 1. The Hall–Kier alpha value is -1.75. The van der Waals surface area contributed by atoms with E-state index in [1.165, 1.54) is 30.3 Å². The van der Waals surface area contributed by atoms with Crippen LogP contribution >= 0.6 is 34.8 Å². The highest BCUT2D eigenvalue weighted by atomic mass is 35.5. The van der Waals surface area contributed by atoms with Crippen molar-refractivity contribution in [3.8, 4) is 5.75 Å². The van der Waals surface area contributed by atoms with E-state index in [0.717, 1.165) is 4.90 Å². The number of anilines is 1. The lowest BCUT2D eigenvalue weighted by Crippen LogP contribution is -2.29. The van der Waals surface area contributed by atoms with Gasteiger partial charge in [-0.3, -0.25) is 9.59 Å². The fraction of sp³-hybridized carbons (Fsp3) is 0. The highest BCUT2D eigenvalue weighted by molar-refractivity contribution is 6.44. The highest BCUT2D eigenvalue weighted by Gasteiger charge is 2.38. The van der Waals surface area contributed by atoms with Crippen LogP contribution in [-0.4, -0.2) is 16.9 Å². The summed E-state index contributed by atoms with van der Waals surface area (Å²) in [7, 11) is 0. The molecular weight excluding hydrogens is 337 g/mol. The van der Waals surface area contributed by atoms with Gasteiger partial charge in [0.1, 0.15) is 5.75 Å². The number of rotatable bonds is 1. The summed E-state index contributed by atoms with van der Waals surface area (Å²) in [5.74, 6) is -1.42. The van der Waals surface area contributed by atoms with Gasteiger partial charge in [-0.25, -0.2) is 4.90 Å². The van der Waals surface area contributed by atoms with Gasteiger partial charge in [-0.15, -0.1) is 0 Å². The van der Waals surface area contributed by atoms with Crippen LogP contribution in [0.3, 0.4) is 0 Å². The maximum Gasteiger partial charge on any atom is 0.266 e. The Bertz CT molecular complexity index is 763. The molecule has 2 amide bonds. The van der Waals surface area contributed by atoms with Crippen LogP contribution in [0.15, 0.2) is 30.3 Å². The topological polar surface area (TPSA) is 57.6 Å². The predicted molar refractivity (Wildman–Crippen MR) is 80.7 cm³/mol. The second kappa shape index (κ2) is 4.91. The zero-order valence-corrected chi connectivity index (χ0v) is 12.5. The predicted octanol–water partition coefficient (Wildman–Crippen LogP) is 4.15. The molecule has 3 rings (SSSR count).